The zero-order valence-electron chi connectivity index (χ0n) is 16.8. The molecule has 2 aromatic heterocycles. The van der Waals surface area contributed by atoms with Crippen molar-refractivity contribution in [1.82, 2.24) is 24.9 Å². The molecule has 29 heavy (non-hydrogen) atoms. The van der Waals surface area contributed by atoms with Crippen LogP contribution in [0.1, 0.15) is 30.9 Å². The molecule has 4 aromatic rings. The Morgan fingerprint density at radius 3 is 2.52 bits per heavy atom. The second-order valence-electron chi connectivity index (χ2n) is 6.72. The Bertz CT molecular complexity index is 1100. The SMILES string of the molecule is CCc1ccc(-c2noc(CSc3nnc(-c4ccccc4C)n3CC)n2)cc1. The summed E-state index contributed by atoms with van der Waals surface area (Å²) in [6, 6.07) is 16.5. The highest BCUT2D eigenvalue weighted by Crippen LogP contribution is 2.28. The van der Waals surface area contributed by atoms with E-state index in [1.807, 2.05) is 24.3 Å². The van der Waals surface area contributed by atoms with Gasteiger partial charge in [0.2, 0.25) is 11.7 Å². The third kappa shape index (κ3) is 4.10. The summed E-state index contributed by atoms with van der Waals surface area (Å²) < 4.78 is 7.56. The van der Waals surface area contributed by atoms with Gasteiger partial charge in [-0.2, -0.15) is 4.98 Å². The second-order valence-corrected chi connectivity index (χ2v) is 7.66. The third-order valence-electron chi connectivity index (χ3n) is 4.83. The van der Waals surface area contributed by atoms with Gasteiger partial charge in [0.05, 0.1) is 5.75 Å². The lowest BCUT2D eigenvalue weighted by molar-refractivity contribution is 0.391. The lowest BCUT2D eigenvalue weighted by Gasteiger charge is -2.08. The molecule has 0 radical (unpaired) electrons. The van der Waals surface area contributed by atoms with Gasteiger partial charge in [0.15, 0.2) is 11.0 Å². The van der Waals surface area contributed by atoms with E-state index in [2.05, 4.69) is 69.9 Å². The normalized spacial score (nSPS) is 11.1. The van der Waals surface area contributed by atoms with Gasteiger partial charge in [-0.3, -0.25) is 0 Å². The quantitative estimate of drug-likeness (QED) is 0.395. The van der Waals surface area contributed by atoms with Gasteiger partial charge in [0.1, 0.15) is 0 Å². The van der Waals surface area contributed by atoms with Crippen LogP contribution in [0, 0.1) is 6.92 Å². The van der Waals surface area contributed by atoms with Crippen molar-refractivity contribution in [1.29, 1.82) is 0 Å². The van der Waals surface area contributed by atoms with E-state index < -0.39 is 0 Å². The Morgan fingerprint density at radius 1 is 1.00 bits per heavy atom. The van der Waals surface area contributed by atoms with E-state index in [-0.39, 0.29) is 0 Å². The minimum atomic E-state index is 0.548. The molecule has 0 saturated carbocycles. The van der Waals surface area contributed by atoms with E-state index in [0.29, 0.717) is 17.5 Å². The topological polar surface area (TPSA) is 69.6 Å². The average molecular weight is 406 g/mol. The van der Waals surface area contributed by atoms with E-state index in [1.165, 1.54) is 11.1 Å². The molecule has 0 spiro atoms. The molecule has 0 amide bonds. The molecule has 7 heteroatoms. The highest BCUT2D eigenvalue weighted by Gasteiger charge is 2.16. The fraction of sp³-hybridized carbons (Fsp3) is 0.273. The maximum Gasteiger partial charge on any atom is 0.237 e. The molecule has 2 aromatic carbocycles. The summed E-state index contributed by atoms with van der Waals surface area (Å²) in [5.41, 5.74) is 4.53. The Hall–Kier alpha value is -2.93. The Morgan fingerprint density at radius 2 is 1.79 bits per heavy atom. The first kappa shape index (κ1) is 19.4. The first-order valence-electron chi connectivity index (χ1n) is 9.73. The number of nitrogens with zero attached hydrogens (tertiary/aromatic N) is 5. The maximum absolute atomic E-state index is 5.44. The first-order chi connectivity index (χ1) is 14.2. The van der Waals surface area contributed by atoms with Gasteiger partial charge in [0, 0.05) is 17.7 Å². The third-order valence-corrected chi connectivity index (χ3v) is 5.78. The number of aryl methyl sites for hydroxylation is 2. The largest absolute Gasteiger partial charge is 0.338 e. The summed E-state index contributed by atoms with van der Waals surface area (Å²) in [5.74, 6) is 2.62. The predicted octanol–water partition coefficient (Wildman–Crippen LogP) is 5.18. The van der Waals surface area contributed by atoms with Crippen LogP contribution in [0.25, 0.3) is 22.8 Å². The number of rotatable bonds is 7. The lowest BCUT2D eigenvalue weighted by Crippen LogP contribution is -2.00. The molecule has 2 heterocycles. The van der Waals surface area contributed by atoms with Crippen LogP contribution in [-0.2, 0) is 18.7 Å². The van der Waals surface area contributed by atoms with Crippen molar-refractivity contribution < 1.29 is 4.52 Å². The molecule has 0 fully saturated rings. The molecule has 0 aliphatic carbocycles. The molecule has 0 aliphatic heterocycles. The minimum absolute atomic E-state index is 0.548. The molecule has 0 unspecified atom stereocenters. The van der Waals surface area contributed by atoms with Gasteiger partial charge in [-0.25, -0.2) is 0 Å². The molecular weight excluding hydrogens is 382 g/mol. The molecular formula is C22H23N5OS. The van der Waals surface area contributed by atoms with Crippen LogP contribution in [-0.4, -0.2) is 24.9 Å². The molecule has 6 nitrogen and oxygen atoms in total. The first-order valence-corrected chi connectivity index (χ1v) is 10.7. The van der Waals surface area contributed by atoms with E-state index in [0.717, 1.165) is 35.1 Å². The van der Waals surface area contributed by atoms with E-state index in [1.54, 1.807) is 11.8 Å². The van der Waals surface area contributed by atoms with Crippen LogP contribution >= 0.6 is 11.8 Å². The lowest BCUT2D eigenvalue weighted by atomic mass is 10.1. The Balaban J connectivity index is 1.50. The van der Waals surface area contributed by atoms with Crippen LogP contribution < -0.4 is 0 Å². The monoisotopic (exact) mass is 405 g/mol. The fourth-order valence-electron chi connectivity index (χ4n) is 3.15. The van der Waals surface area contributed by atoms with Crippen LogP contribution in [0.4, 0.5) is 0 Å². The maximum atomic E-state index is 5.44. The van der Waals surface area contributed by atoms with Crippen molar-refractivity contribution in [3.05, 3.63) is 65.5 Å². The van der Waals surface area contributed by atoms with E-state index in [9.17, 15) is 0 Å². The number of hydrogen-bond acceptors (Lipinski definition) is 6. The summed E-state index contributed by atoms with van der Waals surface area (Å²) >= 11 is 1.55. The van der Waals surface area contributed by atoms with Crippen LogP contribution in [0.2, 0.25) is 0 Å². The predicted molar refractivity (Wildman–Crippen MR) is 115 cm³/mol. The number of aromatic nitrogens is 5. The second kappa shape index (κ2) is 8.61. The fourth-order valence-corrected chi connectivity index (χ4v) is 3.99. The van der Waals surface area contributed by atoms with E-state index >= 15 is 0 Å². The molecule has 0 saturated heterocycles. The molecule has 4 rings (SSSR count). The van der Waals surface area contributed by atoms with Gasteiger partial charge < -0.3 is 9.09 Å². The Labute approximate surface area is 174 Å². The van der Waals surface area contributed by atoms with Crippen molar-refractivity contribution in [2.45, 2.75) is 44.6 Å². The zero-order chi connectivity index (χ0) is 20.2. The van der Waals surface area contributed by atoms with E-state index in [4.69, 9.17) is 4.52 Å². The summed E-state index contributed by atoms with van der Waals surface area (Å²) in [4.78, 5) is 4.53. The summed E-state index contributed by atoms with van der Waals surface area (Å²) in [5, 5.41) is 13.8. The molecule has 0 N–H and O–H groups in total. The molecule has 148 valence electrons. The van der Waals surface area contributed by atoms with Crippen molar-refractivity contribution in [2.24, 2.45) is 0 Å². The zero-order valence-corrected chi connectivity index (χ0v) is 17.6. The van der Waals surface area contributed by atoms with Crippen molar-refractivity contribution in [3.8, 4) is 22.8 Å². The highest BCUT2D eigenvalue weighted by molar-refractivity contribution is 7.98. The number of thioether (sulfide) groups is 1. The van der Waals surface area contributed by atoms with Crippen LogP contribution in [0.5, 0.6) is 0 Å². The van der Waals surface area contributed by atoms with Gasteiger partial charge >= 0.3 is 0 Å². The Kier molecular flexibility index (Phi) is 5.76. The van der Waals surface area contributed by atoms with Gasteiger partial charge in [-0.1, -0.05) is 72.4 Å². The van der Waals surface area contributed by atoms with Gasteiger partial charge in [0.25, 0.3) is 0 Å². The molecule has 0 aliphatic rings. The van der Waals surface area contributed by atoms with Crippen LogP contribution in [0.3, 0.4) is 0 Å². The minimum Gasteiger partial charge on any atom is -0.338 e. The van der Waals surface area contributed by atoms with Gasteiger partial charge in [-0.15, -0.1) is 10.2 Å². The molecule has 0 bridgehead atoms. The molecule has 0 atom stereocenters. The summed E-state index contributed by atoms with van der Waals surface area (Å²) in [7, 11) is 0. The summed E-state index contributed by atoms with van der Waals surface area (Å²) in [6.45, 7) is 7.11. The highest BCUT2D eigenvalue weighted by atomic mass is 32.2. The number of benzene rings is 2. The number of hydrogen-bond donors (Lipinski definition) is 0. The van der Waals surface area contributed by atoms with Crippen molar-refractivity contribution in [2.75, 3.05) is 0 Å². The standard InChI is InChI=1S/C22H23N5OS/c1-4-16-10-12-17(13-11-16)20-23-19(28-26-20)14-29-22-25-24-21(27(22)5-2)18-9-7-6-8-15(18)3/h6-13H,4-5,14H2,1-3H3. The average Bonchev–Trinajstić information content (AvgIpc) is 3.39. The van der Waals surface area contributed by atoms with Crippen LogP contribution in [0.15, 0.2) is 58.2 Å². The van der Waals surface area contributed by atoms with Crippen molar-refractivity contribution >= 4 is 11.8 Å². The smallest absolute Gasteiger partial charge is 0.237 e. The van der Waals surface area contributed by atoms with Crippen molar-refractivity contribution in [3.63, 3.8) is 0 Å². The van der Waals surface area contributed by atoms with Gasteiger partial charge in [-0.05, 0) is 31.4 Å². The summed E-state index contributed by atoms with van der Waals surface area (Å²) in [6.07, 6.45) is 1.01.